The largest absolute Gasteiger partial charge is 0.396 e. The Hall–Kier alpha value is -1.09. The molecular formula is C7H9NO2. The number of hydrogen-bond acceptors (Lipinski definition) is 2. The van der Waals surface area contributed by atoms with Crippen LogP contribution in [0.5, 0.6) is 0 Å². The zero-order chi connectivity index (χ0) is 7.40. The van der Waals surface area contributed by atoms with Crippen LogP contribution in [0.3, 0.4) is 0 Å². The maximum Gasteiger partial charge on any atom is 0.181 e. The van der Waals surface area contributed by atoms with E-state index in [9.17, 15) is 4.79 Å². The van der Waals surface area contributed by atoms with E-state index in [4.69, 9.17) is 5.11 Å². The van der Waals surface area contributed by atoms with Crippen molar-refractivity contribution in [3.05, 3.63) is 34.2 Å². The van der Waals surface area contributed by atoms with Crippen molar-refractivity contribution in [3.8, 4) is 0 Å². The molecule has 0 radical (unpaired) electrons. The van der Waals surface area contributed by atoms with E-state index in [1.54, 1.807) is 6.20 Å². The minimum Gasteiger partial charge on any atom is -0.396 e. The van der Waals surface area contributed by atoms with Crippen LogP contribution in [-0.4, -0.2) is 16.7 Å². The Balaban J connectivity index is 2.85. The molecule has 0 saturated carbocycles. The molecular weight excluding hydrogens is 130 g/mol. The lowest BCUT2D eigenvalue weighted by Crippen LogP contribution is -2.02. The monoisotopic (exact) mass is 139 g/mol. The average molecular weight is 139 g/mol. The van der Waals surface area contributed by atoms with Gasteiger partial charge in [-0.15, -0.1) is 0 Å². The Morgan fingerprint density at radius 1 is 1.60 bits per heavy atom. The quantitative estimate of drug-likeness (QED) is 0.601. The molecule has 10 heavy (non-hydrogen) atoms. The fourth-order valence-corrected chi connectivity index (χ4v) is 0.757. The maximum absolute atomic E-state index is 10.7. The summed E-state index contributed by atoms with van der Waals surface area (Å²) >= 11 is 0. The molecule has 0 fully saturated rings. The molecule has 0 atom stereocenters. The Bertz CT molecular complexity index is 254. The molecule has 0 spiro atoms. The minimum atomic E-state index is -0.0257. The van der Waals surface area contributed by atoms with Crippen LogP contribution >= 0.6 is 0 Å². The Kier molecular flexibility index (Phi) is 2.23. The topological polar surface area (TPSA) is 53.1 Å². The van der Waals surface area contributed by atoms with Crippen LogP contribution in [0.15, 0.2) is 23.1 Å². The SMILES string of the molecule is O=c1cc[nH]c(CCO)c1. The second-order valence-corrected chi connectivity index (χ2v) is 2.02. The number of nitrogens with one attached hydrogen (secondary N) is 1. The summed E-state index contributed by atoms with van der Waals surface area (Å²) < 4.78 is 0. The van der Waals surface area contributed by atoms with Gasteiger partial charge in [-0.1, -0.05) is 0 Å². The average Bonchev–Trinajstić information content (AvgIpc) is 1.88. The molecule has 1 aromatic rings. The van der Waals surface area contributed by atoms with Gasteiger partial charge < -0.3 is 10.1 Å². The zero-order valence-corrected chi connectivity index (χ0v) is 5.50. The fraction of sp³-hybridized carbons (Fsp3) is 0.286. The second kappa shape index (κ2) is 3.17. The molecule has 0 aliphatic carbocycles. The Labute approximate surface area is 58.3 Å². The number of hydrogen-bond donors (Lipinski definition) is 2. The van der Waals surface area contributed by atoms with E-state index in [1.807, 2.05) is 0 Å². The lowest BCUT2D eigenvalue weighted by molar-refractivity contribution is 0.298. The Morgan fingerprint density at radius 3 is 3.00 bits per heavy atom. The van der Waals surface area contributed by atoms with Gasteiger partial charge in [0, 0.05) is 37.1 Å². The van der Waals surface area contributed by atoms with Crippen molar-refractivity contribution in [3.63, 3.8) is 0 Å². The molecule has 1 rings (SSSR count). The standard InChI is InChI=1S/C7H9NO2/c9-4-2-6-5-7(10)1-3-8-6/h1,3,5,9H,2,4H2,(H,8,10). The van der Waals surface area contributed by atoms with Crippen molar-refractivity contribution >= 4 is 0 Å². The molecule has 1 aromatic heterocycles. The van der Waals surface area contributed by atoms with E-state index < -0.39 is 0 Å². The van der Waals surface area contributed by atoms with Crippen LogP contribution in [0.25, 0.3) is 0 Å². The van der Waals surface area contributed by atoms with Crippen LogP contribution in [0.4, 0.5) is 0 Å². The third kappa shape index (κ3) is 1.70. The third-order valence-corrected chi connectivity index (χ3v) is 1.21. The van der Waals surface area contributed by atoms with Gasteiger partial charge in [0.15, 0.2) is 5.43 Å². The normalized spacial score (nSPS) is 9.70. The summed E-state index contributed by atoms with van der Waals surface area (Å²) in [5.41, 5.74) is 0.747. The summed E-state index contributed by atoms with van der Waals surface area (Å²) in [6.07, 6.45) is 2.09. The molecule has 3 heteroatoms. The first-order chi connectivity index (χ1) is 4.83. The molecule has 0 aliphatic rings. The number of H-pyrrole nitrogens is 1. The molecule has 0 bridgehead atoms. The highest BCUT2D eigenvalue weighted by molar-refractivity contribution is 5.03. The van der Waals surface area contributed by atoms with Gasteiger partial charge in [-0.05, 0) is 0 Å². The predicted molar refractivity (Wildman–Crippen MR) is 37.9 cm³/mol. The first kappa shape index (κ1) is 7.02. The van der Waals surface area contributed by atoms with Crippen LogP contribution in [0.2, 0.25) is 0 Å². The molecule has 0 unspecified atom stereocenters. The van der Waals surface area contributed by atoms with Crippen molar-refractivity contribution in [2.45, 2.75) is 6.42 Å². The van der Waals surface area contributed by atoms with E-state index in [2.05, 4.69) is 4.98 Å². The summed E-state index contributed by atoms with van der Waals surface area (Å²) in [6.45, 7) is 0.0694. The van der Waals surface area contributed by atoms with E-state index in [0.29, 0.717) is 6.42 Å². The summed E-state index contributed by atoms with van der Waals surface area (Å²) in [4.78, 5) is 13.5. The number of rotatable bonds is 2. The molecule has 1 heterocycles. The van der Waals surface area contributed by atoms with E-state index in [0.717, 1.165) is 5.69 Å². The summed E-state index contributed by atoms with van der Waals surface area (Å²) in [5, 5.41) is 8.49. The van der Waals surface area contributed by atoms with Crippen molar-refractivity contribution in [2.24, 2.45) is 0 Å². The lowest BCUT2D eigenvalue weighted by Gasteiger charge is -1.94. The van der Waals surface area contributed by atoms with Crippen molar-refractivity contribution in [1.82, 2.24) is 4.98 Å². The maximum atomic E-state index is 10.7. The predicted octanol–water partition coefficient (Wildman–Crippen LogP) is -0.0903. The Morgan fingerprint density at radius 2 is 2.40 bits per heavy atom. The summed E-state index contributed by atoms with van der Waals surface area (Å²) in [6, 6.07) is 2.93. The molecule has 3 nitrogen and oxygen atoms in total. The van der Waals surface area contributed by atoms with Crippen LogP contribution < -0.4 is 5.43 Å². The first-order valence-electron chi connectivity index (χ1n) is 3.11. The molecule has 0 aromatic carbocycles. The number of aromatic nitrogens is 1. The fourth-order valence-electron chi connectivity index (χ4n) is 0.757. The van der Waals surface area contributed by atoms with Gasteiger partial charge >= 0.3 is 0 Å². The molecule has 54 valence electrons. The number of aliphatic hydroxyl groups excluding tert-OH is 1. The van der Waals surface area contributed by atoms with Crippen molar-refractivity contribution in [1.29, 1.82) is 0 Å². The van der Waals surface area contributed by atoms with Crippen LogP contribution in [0.1, 0.15) is 5.69 Å². The van der Waals surface area contributed by atoms with Gasteiger partial charge in [-0.3, -0.25) is 4.79 Å². The zero-order valence-electron chi connectivity index (χ0n) is 5.50. The van der Waals surface area contributed by atoms with Crippen LogP contribution in [0, 0.1) is 0 Å². The number of aliphatic hydroxyl groups is 1. The lowest BCUT2D eigenvalue weighted by atomic mass is 10.3. The number of pyridine rings is 1. The molecule has 0 amide bonds. The molecule has 0 aliphatic heterocycles. The van der Waals surface area contributed by atoms with E-state index >= 15 is 0 Å². The number of aromatic amines is 1. The molecule has 0 saturated heterocycles. The highest BCUT2D eigenvalue weighted by atomic mass is 16.3. The van der Waals surface area contributed by atoms with Gasteiger partial charge in [0.2, 0.25) is 0 Å². The van der Waals surface area contributed by atoms with Gasteiger partial charge in [-0.25, -0.2) is 0 Å². The van der Waals surface area contributed by atoms with Crippen LogP contribution in [-0.2, 0) is 6.42 Å². The van der Waals surface area contributed by atoms with Gasteiger partial charge in [0.05, 0.1) is 0 Å². The van der Waals surface area contributed by atoms with Gasteiger partial charge in [0.25, 0.3) is 0 Å². The van der Waals surface area contributed by atoms with E-state index in [1.165, 1.54) is 12.1 Å². The summed E-state index contributed by atoms with van der Waals surface area (Å²) in [5.74, 6) is 0. The van der Waals surface area contributed by atoms with Crippen molar-refractivity contribution < 1.29 is 5.11 Å². The van der Waals surface area contributed by atoms with Crippen molar-refractivity contribution in [2.75, 3.05) is 6.61 Å². The highest BCUT2D eigenvalue weighted by Gasteiger charge is 1.89. The highest BCUT2D eigenvalue weighted by Crippen LogP contribution is 1.87. The summed E-state index contributed by atoms with van der Waals surface area (Å²) in [7, 11) is 0. The van der Waals surface area contributed by atoms with E-state index in [-0.39, 0.29) is 12.0 Å². The van der Waals surface area contributed by atoms with Gasteiger partial charge in [0.1, 0.15) is 0 Å². The second-order valence-electron chi connectivity index (χ2n) is 2.02. The smallest absolute Gasteiger partial charge is 0.181 e. The van der Waals surface area contributed by atoms with Gasteiger partial charge in [-0.2, -0.15) is 0 Å². The minimum absolute atomic E-state index is 0.0257. The first-order valence-corrected chi connectivity index (χ1v) is 3.11. The molecule has 2 N–H and O–H groups in total. The third-order valence-electron chi connectivity index (χ3n) is 1.21.